The summed E-state index contributed by atoms with van der Waals surface area (Å²) >= 11 is 0. The van der Waals surface area contributed by atoms with Gasteiger partial charge < -0.3 is 46.0 Å². The van der Waals surface area contributed by atoms with Gasteiger partial charge in [0.05, 0.1) is 24.8 Å². The second-order valence-electron chi connectivity index (χ2n) is 12.2. The van der Waals surface area contributed by atoms with Crippen molar-refractivity contribution < 1.29 is 48.6 Å². The monoisotopic (exact) mass is 697 g/mol. The van der Waals surface area contributed by atoms with Gasteiger partial charge in [-0.2, -0.15) is 5.10 Å². The number of nitrogens with zero attached hydrogens (tertiary/aromatic N) is 3. The fourth-order valence-corrected chi connectivity index (χ4v) is 5.57. The number of carbonyl (C=O) groups is 8. The second-order valence-corrected chi connectivity index (χ2v) is 12.2. The lowest BCUT2D eigenvalue weighted by molar-refractivity contribution is -0.143. The highest BCUT2D eigenvalue weighted by molar-refractivity contribution is 5.97. The Balaban J connectivity index is 1.91. The van der Waals surface area contributed by atoms with Crippen molar-refractivity contribution in [3.8, 4) is 5.69 Å². The first-order valence-electron chi connectivity index (χ1n) is 16.1. The standard InChI is InChI=1S/C33H43N7O10/c1-4-19(2)29(35-20(3)44)32(49)38-26(12-21(16-41)17-42)33(50)39-15-23(13-27(39)31(48)37-24(18-43)14-28(45)46)36-30(47)22-6-8-25(9-7-22)40-11-5-10-34-40/h5-11,16,18-19,21,23-24,26-27,29,42H,4,12-15,17H2,1-3H3,(H,35,44)(H,36,47)(H,37,48)(H,38,49)(H,45,46)/t19-,21?,23-,24-,26-,27-,29-/m0/s1. The maximum Gasteiger partial charge on any atom is 0.305 e. The van der Waals surface area contributed by atoms with Crippen LogP contribution < -0.4 is 21.3 Å². The Morgan fingerprint density at radius 3 is 2.28 bits per heavy atom. The molecule has 6 N–H and O–H groups in total. The molecule has 1 aromatic carbocycles. The molecule has 1 aliphatic heterocycles. The molecule has 1 saturated heterocycles. The highest BCUT2D eigenvalue weighted by atomic mass is 16.4. The van der Waals surface area contributed by atoms with Gasteiger partial charge in [0, 0.05) is 43.4 Å². The molecular formula is C33H43N7O10. The number of aliphatic carboxylic acids is 1. The van der Waals surface area contributed by atoms with E-state index in [1.54, 1.807) is 61.3 Å². The molecule has 1 fully saturated rings. The minimum absolute atomic E-state index is 0.146. The van der Waals surface area contributed by atoms with E-state index in [0.717, 1.165) is 4.90 Å². The number of benzene rings is 1. The molecular weight excluding hydrogens is 654 g/mol. The van der Waals surface area contributed by atoms with Crippen LogP contribution in [0.15, 0.2) is 42.7 Å². The Labute approximate surface area is 288 Å². The summed E-state index contributed by atoms with van der Waals surface area (Å²) in [5, 5.41) is 33.3. The van der Waals surface area contributed by atoms with E-state index in [4.69, 9.17) is 5.11 Å². The van der Waals surface area contributed by atoms with Crippen LogP contribution in [0.25, 0.3) is 5.69 Å². The fourth-order valence-electron chi connectivity index (χ4n) is 5.57. The first-order valence-corrected chi connectivity index (χ1v) is 16.1. The van der Waals surface area contributed by atoms with E-state index < -0.39 is 84.7 Å². The predicted octanol–water partition coefficient (Wildman–Crippen LogP) is -1.04. The van der Waals surface area contributed by atoms with E-state index >= 15 is 0 Å². The summed E-state index contributed by atoms with van der Waals surface area (Å²) in [5.41, 5.74) is 0.968. The van der Waals surface area contributed by atoms with Gasteiger partial charge in [0.1, 0.15) is 30.7 Å². The molecule has 0 bridgehead atoms. The zero-order chi connectivity index (χ0) is 37.0. The number of hydrogen-bond donors (Lipinski definition) is 6. The normalized spacial score (nSPS) is 18.4. The lowest BCUT2D eigenvalue weighted by Crippen LogP contribution is -2.58. The minimum Gasteiger partial charge on any atom is -0.481 e. The molecule has 0 spiro atoms. The number of aromatic nitrogens is 2. The van der Waals surface area contributed by atoms with Crippen molar-refractivity contribution in [2.45, 2.75) is 76.7 Å². The number of carbonyl (C=O) groups excluding carboxylic acids is 7. The molecule has 3 rings (SSSR count). The number of rotatable bonds is 18. The van der Waals surface area contributed by atoms with E-state index in [9.17, 15) is 43.5 Å². The van der Waals surface area contributed by atoms with Crippen LogP contribution in [0.4, 0.5) is 0 Å². The van der Waals surface area contributed by atoms with Gasteiger partial charge in [0.25, 0.3) is 5.91 Å². The zero-order valence-electron chi connectivity index (χ0n) is 28.0. The number of nitrogens with one attached hydrogen (secondary N) is 4. The third-order valence-electron chi connectivity index (χ3n) is 8.44. The Morgan fingerprint density at radius 1 is 1.04 bits per heavy atom. The summed E-state index contributed by atoms with van der Waals surface area (Å²) in [6, 6.07) is 2.14. The summed E-state index contributed by atoms with van der Waals surface area (Å²) < 4.78 is 1.60. The highest BCUT2D eigenvalue weighted by Crippen LogP contribution is 2.23. The van der Waals surface area contributed by atoms with Crippen LogP contribution in [0.1, 0.15) is 56.8 Å². The van der Waals surface area contributed by atoms with Gasteiger partial charge in [-0.25, -0.2) is 4.68 Å². The number of carboxylic acid groups (broad SMARTS) is 1. The molecule has 2 heterocycles. The zero-order valence-corrected chi connectivity index (χ0v) is 28.0. The number of aliphatic hydroxyl groups excluding tert-OH is 1. The molecule has 0 saturated carbocycles. The van der Waals surface area contributed by atoms with Crippen LogP contribution >= 0.6 is 0 Å². The van der Waals surface area contributed by atoms with Crippen molar-refractivity contribution in [1.29, 1.82) is 0 Å². The first-order chi connectivity index (χ1) is 23.8. The molecule has 50 heavy (non-hydrogen) atoms. The topological polar surface area (TPSA) is 246 Å². The first kappa shape index (κ1) is 39.0. The molecule has 270 valence electrons. The quantitative estimate of drug-likeness (QED) is 0.103. The van der Waals surface area contributed by atoms with Gasteiger partial charge >= 0.3 is 5.97 Å². The molecule has 1 unspecified atom stereocenters. The average Bonchev–Trinajstić information content (AvgIpc) is 3.79. The van der Waals surface area contributed by atoms with Crippen LogP contribution in [0, 0.1) is 11.8 Å². The third kappa shape index (κ3) is 10.5. The van der Waals surface area contributed by atoms with E-state index in [0.29, 0.717) is 18.4 Å². The summed E-state index contributed by atoms with van der Waals surface area (Å²) in [6.07, 6.45) is 3.25. The lowest BCUT2D eigenvalue weighted by Gasteiger charge is -2.31. The second kappa shape index (κ2) is 18.4. The van der Waals surface area contributed by atoms with Crippen molar-refractivity contribution in [2.75, 3.05) is 13.2 Å². The SMILES string of the molecule is CC[C@H](C)[C@H](NC(C)=O)C(=O)N[C@@H](CC(C=O)CO)C(=O)N1C[C@@H](NC(=O)c2ccc(-n3cccn3)cc2)C[C@H]1C(=O)N[C@H](C=O)CC(=O)O. The number of carboxylic acids is 1. The molecule has 17 heteroatoms. The van der Waals surface area contributed by atoms with E-state index in [2.05, 4.69) is 26.4 Å². The Morgan fingerprint density at radius 2 is 1.74 bits per heavy atom. The predicted molar refractivity (Wildman–Crippen MR) is 175 cm³/mol. The fraction of sp³-hybridized carbons (Fsp3) is 0.485. The van der Waals surface area contributed by atoms with Gasteiger partial charge in [0.2, 0.25) is 23.6 Å². The highest BCUT2D eigenvalue weighted by Gasteiger charge is 2.44. The Hall–Kier alpha value is -5.45. The van der Waals surface area contributed by atoms with Crippen LogP contribution in [0.5, 0.6) is 0 Å². The number of amides is 5. The lowest BCUT2D eigenvalue weighted by atomic mass is 9.96. The molecule has 0 radical (unpaired) electrons. The molecule has 1 aliphatic rings. The Bertz CT molecular complexity index is 1530. The Kier molecular flexibility index (Phi) is 14.3. The smallest absolute Gasteiger partial charge is 0.305 e. The van der Waals surface area contributed by atoms with E-state index in [1.807, 2.05) is 0 Å². The molecule has 5 amide bonds. The van der Waals surface area contributed by atoms with Crippen molar-refractivity contribution in [1.82, 2.24) is 35.9 Å². The van der Waals surface area contributed by atoms with E-state index in [-0.39, 0.29) is 37.2 Å². The molecule has 1 aromatic heterocycles. The minimum atomic E-state index is -1.47. The van der Waals surface area contributed by atoms with Gasteiger partial charge in [-0.15, -0.1) is 0 Å². The molecule has 0 aliphatic carbocycles. The van der Waals surface area contributed by atoms with E-state index in [1.165, 1.54) is 6.92 Å². The van der Waals surface area contributed by atoms with Gasteiger partial charge in [-0.3, -0.25) is 28.8 Å². The van der Waals surface area contributed by atoms with Crippen LogP contribution in [0.3, 0.4) is 0 Å². The summed E-state index contributed by atoms with van der Waals surface area (Å²) in [4.78, 5) is 102. The maximum atomic E-state index is 14.2. The molecule has 17 nitrogen and oxygen atoms in total. The largest absolute Gasteiger partial charge is 0.481 e. The van der Waals surface area contributed by atoms with Gasteiger partial charge in [-0.05, 0) is 49.1 Å². The van der Waals surface area contributed by atoms with Gasteiger partial charge in [0.15, 0.2) is 0 Å². The van der Waals surface area contributed by atoms with Crippen molar-refractivity contribution in [2.24, 2.45) is 11.8 Å². The number of aldehydes is 2. The maximum absolute atomic E-state index is 14.2. The number of likely N-dealkylation sites (tertiary alicyclic amines) is 1. The average molecular weight is 698 g/mol. The van der Waals surface area contributed by atoms with Gasteiger partial charge in [-0.1, -0.05) is 20.3 Å². The molecule has 2 aromatic rings. The number of hydrogen-bond acceptors (Lipinski definition) is 10. The summed E-state index contributed by atoms with van der Waals surface area (Å²) in [5.74, 6) is -6.28. The van der Waals surface area contributed by atoms with Crippen LogP contribution in [0.2, 0.25) is 0 Å². The van der Waals surface area contributed by atoms with Crippen molar-refractivity contribution in [3.63, 3.8) is 0 Å². The molecule has 7 atom stereocenters. The number of aliphatic hydroxyl groups is 1. The summed E-state index contributed by atoms with van der Waals surface area (Å²) in [7, 11) is 0. The third-order valence-corrected chi connectivity index (χ3v) is 8.44. The van der Waals surface area contributed by atoms with Crippen LogP contribution in [-0.4, -0.2) is 116 Å². The summed E-state index contributed by atoms with van der Waals surface area (Å²) in [6.45, 7) is 3.86. The van der Waals surface area contributed by atoms with Crippen molar-refractivity contribution >= 4 is 48.1 Å². The van der Waals surface area contributed by atoms with Crippen LogP contribution in [-0.2, 0) is 33.6 Å². The van der Waals surface area contributed by atoms with Crippen molar-refractivity contribution in [3.05, 3.63) is 48.3 Å².